The minimum atomic E-state index is 0.189. The van der Waals surface area contributed by atoms with Crippen molar-refractivity contribution in [1.82, 2.24) is 5.32 Å². The highest BCUT2D eigenvalue weighted by Gasteiger charge is 2.33. The van der Waals surface area contributed by atoms with E-state index in [0.29, 0.717) is 12.1 Å². The van der Waals surface area contributed by atoms with E-state index in [2.05, 4.69) is 53.8 Å². The molecule has 0 aliphatic carbocycles. The first-order valence-electron chi connectivity index (χ1n) is 7.71. The molecule has 0 saturated carbocycles. The van der Waals surface area contributed by atoms with Crippen molar-refractivity contribution in [3.63, 3.8) is 0 Å². The van der Waals surface area contributed by atoms with Crippen LogP contribution in [-0.4, -0.2) is 25.3 Å². The summed E-state index contributed by atoms with van der Waals surface area (Å²) in [6.45, 7) is 17.6. The molecule has 3 atom stereocenters. The number of hydrogen-bond donors (Lipinski definition) is 1. The van der Waals surface area contributed by atoms with Crippen LogP contribution in [0.2, 0.25) is 0 Å². The lowest BCUT2D eigenvalue weighted by Gasteiger charge is -2.38. The molecule has 18 heavy (non-hydrogen) atoms. The minimum Gasteiger partial charge on any atom is -0.376 e. The molecule has 3 unspecified atom stereocenters. The number of likely N-dealkylation sites (N-methyl/N-ethyl adjacent to an activating group) is 1. The smallest absolute Gasteiger partial charge is 0.0776 e. The van der Waals surface area contributed by atoms with Crippen LogP contribution in [0.4, 0.5) is 0 Å². The quantitative estimate of drug-likeness (QED) is 0.667. The zero-order valence-electron chi connectivity index (χ0n) is 13.7. The van der Waals surface area contributed by atoms with Gasteiger partial charge in [0.05, 0.1) is 6.10 Å². The lowest BCUT2D eigenvalue weighted by molar-refractivity contribution is -0.0400. The topological polar surface area (TPSA) is 21.3 Å². The van der Waals surface area contributed by atoms with E-state index < -0.39 is 0 Å². The fraction of sp³-hybridized carbons (Fsp3) is 1.00. The molecule has 1 N–H and O–H groups in total. The van der Waals surface area contributed by atoms with Crippen LogP contribution in [0, 0.1) is 11.3 Å². The lowest BCUT2D eigenvalue weighted by Crippen LogP contribution is -2.49. The van der Waals surface area contributed by atoms with Crippen molar-refractivity contribution in [1.29, 1.82) is 0 Å². The fourth-order valence-corrected chi connectivity index (χ4v) is 2.77. The van der Waals surface area contributed by atoms with E-state index in [-0.39, 0.29) is 5.41 Å². The Morgan fingerprint density at radius 1 is 1.11 bits per heavy atom. The molecule has 0 aliphatic heterocycles. The highest BCUT2D eigenvalue weighted by molar-refractivity contribution is 4.87. The van der Waals surface area contributed by atoms with Gasteiger partial charge in [-0.15, -0.1) is 0 Å². The molecular weight excluding hydrogens is 222 g/mol. The average Bonchev–Trinajstić information content (AvgIpc) is 2.24. The maximum atomic E-state index is 6.04. The van der Waals surface area contributed by atoms with E-state index in [0.717, 1.165) is 19.1 Å². The van der Waals surface area contributed by atoms with E-state index in [4.69, 9.17) is 4.74 Å². The van der Waals surface area contributed by atoms with Crippen LogP contribution >= 0.6 is 0 Å². The van der Waals surface area contributed by atoms with E-state index in [1.165, 1.54) is 19.3 Å². The van der Waals surface area contributed by atoms with Crippen molar-refractivity contribution in [2.75, 3.05) is 13.2 Å². The van der Waals surface area contributed by atoms with Crippen molar-refractivity contribution in [3.8, 4) is 0 Å². The van der Waals surface area contributed by atoms with Gasteiger partial charge in [0, 0.05) is 12.6 Å². The van der Waals surface area contributed by atoms with Gasteiger partial charge in [-0.05, 0) is 31.2 Å². The molecule has 0 fully saturated rings. The van der Waals surface area contributed by atoms with Gasteiger partial charge in [0.1, 0.15) is 0 Å². The van der Waals surface area contributed by atoms with Crippen molar-refractivity contribution in [3.05, 3.63) is 0 Å². The molecule has 0 amide bonds. The first kappa shape index (κ1) is 17.9. The summed E-state index contributed by atoms with van der Waals surface area (Å²) in [5.41, 5.74) is 0.189. The number of ether oxygens (including phenoxy) is 1. The van der Waals surface area contributed by atoms with Crippen LogP contribution in [-0.2, 0) is 4.74 Å². The maximum Gasteiger partial charge on any atom is 0.0776 e. The third kappa shape index (κ3) is 6.75. The second kappa shape index (κ2) is 8.92. The Morgan fingerprint density at radius 2 is 1.72 bits per heavy atom. The van der Waals surface area contributed by atoms with Gasteiger partial charge in [-0.25, -0.2) is 0 Å². The molecule has 2 heteroatoms. The van der Waals surface area contributed by atoms with Crippen LogP contribution in [0.25, 0.3) is 0 Å². The van der Waals surface area contributed by atoms with Crippen molar-refractivity contribution in [2.24, 2.45) is 11.3 Å². The zero-order chi connectivity index (χ0) is 14.2. The lowest BCUT2D eigenvalue weighted by atomic mass is 9.81. The predicted octanol–water partition coefficient (Wildman–Crippen LogP) is 4.24. The summed E-state index contributed by atoms with van der Waals surface area (Å²) in [6, 6.07) is 0.469. The highest BCUT2D eigenvalue weighted by Crippen LogP contribution is 2.28. The monoisotopic (exact) mass is 257 g/mol. The number of rotatable bonds is 9. The van der Waals surface area contributed by atoms with Crippen molar-refractivity contribution < 1.29 is 4.74 Å². The summed E-state index contributed by atoms with van der Waals surface area (Å²) < 4.78 is 6.04. The average molecular weight is 257 g/mol. The van der Waals surface area contributed by atoms with Crippen LogP contribution in [0.3, 0.4) is 0 Å². The number of hydrogen-bond acceptors (Lipinski definition) is 2. The Hall–Kier alpha value is -0.0800. The molecule has 2 nitrogen and oxygen atoms in total. The first-order chi connectivity index (χ1) is 8.36. The van der Waals surface area contributed by atoms with Gasteiger partial charge in [-0.2, -0.15) is 0 Å². The minimum absolute atomic E-state index is 0.189. The van der Waals surface area contributed by atoms with Crippen LogP contribution < -0.4 is 5.32 Å². The molecule has 0 radical (unpaired) electrons. The molecule has 0 aromatic heterocycles. The molecule has 0 aromatic carbocycles. The third-order valence-electron chi connectivity index (χ3n) is 3.47. The summed E-state index contributed by atoms with van der Waals surface area (Å²) >= 11 is 0. The SMILES string of the molecule is CCCC(C)CC(NCC)C(OCC)C(C)(C)C. The molecule has 0 aromatic rings. The Balaban J connectivity index is 4.69. The third-order valence-corrected chi connectivity index (χ3v) is 3.47. The largest absolute Gasteiger partial charge is 0.376 e. The molecular formula is C16H35NO. The van der Waals surface area contributed by atoms with Gasteiger partial charge >= 0.3 is 0 Å². The molecule has 0 bridgehead atoms. The Labute approximate surface area is 115 Å². The number of nitrogens with one attached hydrogen (secondary N) is 1. The summed E-state index contributed by atoms with van der Waals surface area (Å²) in [4.78, 5) is 0. The molecule has 110 valence electrons. The van der Waals surface area contributed by atoms with Crippen molar-refractivity contribution in [2.45, 2.75) is 79.9 Å². The summed E-state index contributed by atoms with van der Waals surface area (Å²) in [5, 5.41) is 3.64. The van der Waals surface area contributed by atoms with Crippen molar-refractivity contribution >= 4 is 0 Å². The Bertz CT molecular complexity index is 198. The highest BCUT2D eigenvalue weighted by atomic mass is 16.5. The second-order valence-electron chi connectivity index (χ2n) is 6.54. The van der Waals surface area contributed by atoms with Gasteiger partial charge < -0.3 is 10.1 Å². The van der Waals surface area contributed by atoms with Gasteiger partial charge in [-0.3, -0.25) is 0 Å². The second-order valence-corrected chi connectivity index (χ2v) is 6.54. The fourth-order valence-electron chi connectivity index (χ4n) is 2.77. The maximum absolute atomic E-state index is 6.04. The normalized spacial score (nSPS) is 17.5. The Kier molecular flexibility index (Phi) is 8.89. The zero-order valence-corrected chi connectivity index (χ0v) is 13.7. The summed E-state index contributed by atoms with van der Waals surface area (Å²) in [7, 11) is 0. The standard InChI is InChI=1S/C16H35NO/c1-8-11-13(4)12-14(17-9-2)15(18-10-3)16(5,6)7/h13-15,17H,8-12H2,1-7H3. The summed E-state index contributed by atoms with van der Waals surface area (Å²) in [5.74, 6) is 0.768. The van der Waals surface area contributed by atoms with Gasteiger partial charge in [0.2, 0.25) is 0 Å². The molecule has 0 saturated heterocycles. The molecule has 0 rings (SSSR count). The van der Waals surface area contributed by atoms with Crippen LogP contribution in [0.15, 0.2) is 0 Å². The predicted molar refractivity (Wildman–Crippen MR) is 81.0 cm³/mol. The van der Waals surface area contributed by atoms with E-state index in [1.54, 1.807) is 0 Å². The molecule has 0 heterocycles. The van der Waals surface area contributed by atoms with Crippen LogP contribution in [0.5, 0.6) is 0 Å². The van der Waals surface area contributed by atoms with Gasteiger partial charge in [0.25, 0.3) is 0 Å². The van der Waals surface area contributed by atoms with Crippen LogP contribution in [0.1, 0.15) is 67.7 Å². The van der Waals surface area contributed by atoms with Gasteiger partial charge in [0.15, 0.2) is 0 Å². The van der Waals surface area contributed by atoms with E-state index in [1.807, 2.05) is 0 Å². The first-order valence-corrected chi connectivity index (χ1v) is 7.71. The van der Waals surface area contributed by atoms with Gasteiger partial charge in [-0.1, -0.05) is 54.4 Å². The molecule has 0 aliphatic rings. The van der Waals surface area contributed by atoms with E-state index in [9.17, 15) is 0 Å². The van der Waals surface area contributed by atoms with E-state index >= 15 is 0 Å². The Morgan fingerprint density at radius 3 is 2.11 bits per heavy atom. The molecule has 0 spiro atoms. The summed E-state index contributed by atoms with van der Waals surface area (Å²) in [6.07, 6.45) is 4.09.